The van der Waals surface area contributed by atoms with Crippen molar-refractivity contribution in [2.75, 3.05) is 6.54 Å². The number of piperidine rings is 1. The Morgan fingerprint density at radius 1 is 1.58 bits per heavy atom. The van der Waals surface area contributed by atoms with Crippen LogP contribution >= 0.6 is 0 Å². The van der Waals surface area contributed by atoms with Gasteiger partial charge in [0.05, 0.1) is 6.04 Å². The molecule has 2 heterocycles. The zero-order valence-corrected chi connectivity index (χ0v) is 7.53. The summed E-state index contributed by atoms with van der Waals surface area (Å²) in [7, 11) is 0. The predicted molar refractivity (Wildman–Crippen MR) is 46.6 cm³/mol. The van der Waals surface area contributed by atoms with Gasteiger partial charge in [-0.2, -0.15) is 0 Å². The molecule has 3 heteroatoms. The first-order chi connectivity index (χ1) is 5.74. The van der Waals surface area contributed by atoms with Gasteiger partial charge in [-0.3, -0.25) is 5.21 Å². The van der Waals surface area contributed by atoms with Gasteiger partial charge < -0.3 is 4.90 Å². The van der Waals surface area contributed by atoms with Crippen molar-refractivity contribution >= 4 is 0 Å². The van der Waals surface area contributed by atoms with Crippen LogP contribution < -0.4 is 0 Å². The molecule has 0 saturated carbocycles. The molecule has 12 heavy (non-hydrogen) atoms. The van der Waals surface area contributed by atoms with Crippen molar-refractivity contribution in [1.29, 1.82) is 0 Å². The van der Waals surface area contributed by atoms with Crippen molar-refractivity contribution < 1.29 is 5.21 Å². The van der Waals surface area contributed by atoms with Crippen LogP contribution in [0.1, 0.15) is 26.2 Å². The number of hydrogen-bond acceptors (Lipinski definition) is 3. The van der Waals surface area contributed by atoms with Crippen LogP contribution in [0, 0.1) is 0 Å². The minimum absolute atomic E-state index is 0.306. The lowest BCUT2D eigenvalue weighted by molar-refractivity contribution is -0.0744. The fraction of sp³-hybridized carbons (Fsp3) is 0.778. The molecule has 1 N–H and O–H groups in total. The first-order valence-corrected chi connectivity index (χ1v) is 4.67. The number of rotatable bonds is 1. The molecule has 2 bridgehead atoms. The van der Waals surface area contributed by atoms with Gasteiger partial charge in [0.1, 0.15) is 5.82 Å². The molecule has 0 aromatic rings. The Hall–Kier alpha value is -0.700. The van der Waals surface area contributed by atoms with Gasteiger partial charge in [0.2, 0.25) is 0 Å². The summed E-state index contributed by atoms with van der Waals surface area (Å²) in [6.07, 6.45) is 3.45. The van der Waals surface area contributed by atoms with Crippen molar-refractivity contribution in [2.45, 2.75) is 38.3 Å². The molecule has 0 aliphatic carbocycles. The van der Waals surface area contributed by atoms with Crippen molar-refractivity contribution in [3.05, 3.63) is 12.4 Å². The summed E-state index contributed by atoms with van der Waals surface area (Å²) in [6, 6.07) is 0.909. The third-order valence-corrected chi connectivity index (χ3v) is 3.09. The van der Waals surface area contributed by atoms with Crippen LogP contribution in [0.25, 0.3) is 0 Å². The van der Waals surface area contributed by atoms with Crippen molar-refractivity contribution in [3.63, 3.8) is 0 Å². The summed E-state index contributed by atoms with van der Waals surface area (Å²) >= 11 is 0. The van der Waals surface area contributed by atoms with E-state index in [1.165, 1.54) is 11.5 Å². The van der Waals surface area contributed by atoms with Gasteiger partial charge in [0.25, 0.3) is 0 Å². The standard InChI is InChI=1S/C9H16N2O/c1-3-8-4-5-9-6-10(8)7(2)11(9)12/h8-9,12H,2-6H2,1H3. The SMILES string of the molecule is C=C1N(O)C2CCC(CC)N1C2. The number of nitrogens with zero attached hydrogens (tertiary/aromatic N) is 2. The molecule has 2 rings (SSSR count). The van der Waals surface area contributed by atoms with E-state index >= 15 is 0 Å². The fourth-order valence-electron chi connectivity index (χ4n) is 2.29. The zero-order valence-electron chi connectivity index (χ0n) is 7.53. The van der Waals surface area contributed by atoms with E-state index in [1.807, 2.05) is 0 Å². The molecule has 2 saturated heterocycles. The van der Waals surface area contributed by atoms with Gasteiger partial charge in [-0.15, -0.1) is 0 Å². The minimum Gasteiger partial charge on any atom is -0.352 e. The molecule has 0 aromatic heterocycles. The van der Waals surface area contributed by atoms with E-state index in [0.717, 1.165) is 25.2 Å². The van der Waals surface area contributed by atoms with E-state index < -0.39 is 0 Å². The molecule has 2 unspecified atom stereocenters. The molecule has 0 aromatic carbocycles. The van der Waals surface area contributed by atoms with E-state index in [-0.39, 0.29) is 0 Å². The van der Waals surface area contributed by atoms with Gasteiger partial charge in [-0.25, -0.2) is 5.06 Å². The molecule has 3 nitrogen and oxygen atoms in total. The van der Waals surface area contributed by atoms with Gasteiger partial charge in [0.15, 0.2) is 0 Å². The topological polar surface area (TPSA) is 26.7 Å². The Kier molecular flexibility index (Phi) is 1.76. The quantitative estimate of drug-likeness (QED) is 0.641. The average Bonchev–Trinajstić information content (AvgIpc) is 2.33. The Morgan fingerprint density at radius 3 is 3.00 bits per heavy atom. The van der Waals surface area contributed by atoms with E-state index in [0.29, 0.717) is 12.1 Å². The van der Waals surface area contributed by atoms with Crippen molar-refractivity contribution in [1.82, 2.24) is 9.96 Å². The lowest BCUT2D eigenvalue weighted by Gasteiger charge is -2.31. The fourth-order valence-corrected chi connectivity index (χ4v) is 2.29. The van der Waals surface area contributed by atoms with Gasteiger partial charge in [0, 0.05) is 12.6 Å². The lowest BCUT2D eigenvalue weighted by Crippen LogP contribution is -2.37. The first kappa shape index (κ1) is 7.92. The van der Waals surface area contributed by atoms with Crippen LogP contribution in [-0.4, -0.2) is 33.8 Å². The second-order valence-electron chi connectivity index (χ2n) is 3.71. The monoisotopic (exact) mass is 168 g/mol. The summed E-state index contributed by atoms with van der Waals surface area (Å²) in [5.41, 5.74) is 0. The third kappa shape index (κ3) is 0.926. The summed E-state index contributed by atoms with van der Waals surface area (Å²) in [4.78, 5) is 2.23. The van der Waals surface area contributed by atoms with Gasteiger partial charge >= 0.3 is 0 Å². The Bertz CT molecular complexity index is 205. The van der Waals surface area contributed by atoms with Crippen molar-refractivity contribution in [3.8, 4) is 0 Å². The molecular weight excluding hydrogens is 152 g/mol. The molecule has 0 radical (unpaired) electrons. The highest BCUT2D eigenvalue weighted by atomic mass is 16.5. The lowest BCUT2D eigenvalue weighted by atomic mass is 9.99. The van der Waals surface area contributed by atoms with E-state index in [4.69, 9.17) is 0 Å². The van der Waals surface area contributed by atoms with Crippen molar-refractivity contribution in [2.24, 2.45) is 0 Å². The van der Waals surface area contributed by atoms with Crippen LogP contribution in [0.4, 0.5) is 0 Å². The summed E-state index contributed by atoms with van der Waals surface area (Å²) < 4.78 is 0. The molecule has 2 atom stereocenters. The van der Waals surface area contributed by atoms with Gasteiger partial charge in [-0.1, -0.05) is 13.5 Å². The Morgan fingerprint density at radius 2 is 2.33 bits per heavy atom. The molecule has 2 fully saturated rings. The van der Waals surface area contributed by atoms with Crippen LogP contribution in [0.3, 0.4) is 0 Å². The highest BCUT2D eigenvalue weighted by Gasteiger charge is 2.39. The van der Waals surface area contributed by atoms with Gasteiger partial charge in [-0.05, 0) is 19.3 Å². The first-order valence-electron chi connectivity index (χ1n) is 4.67. The van der Waals surface area contributed by atoms with E-state index in [1.54, 1.807) is 0 Å². The van der Waals surface area contributed by atoms with Crippen LogP contribution in [0.5, 0.6) is 0 Å². The molecular formula is C9H16N2O. The molecule has 2 aliphatic rings. The third-order valence-electron chi connectivity index (χ3n) is 3.09. The van der Waals surface area contributed by atoms with Crippen LogP contribution in [-0.2, 0) is 0 Å². The molecule has 68 valence electrons. The smallest absolute Gasteiger partial charge is 0.122 e. The minimum atomic E-state index is 0.306. The maximum atomic E-state index is 9.57. The average molecular weight is 168 g/mol. The Balaban J connectivity index is 2.17. The molecule has 2 aliphatic heterocycles. The number of hydrogen-bond donors (Lipinski definition) is 1. The maximum absolute atomic E-state index is 9.57. The summed E-state index contributed by atoms with van der Waals surface area (Å²) in [6.45, 7) is 7.04. The second-order valence-corrected chi connectivity index (χ2v) is 3.71. The second kappa shape index (κ2) is 2.66. The summed E-state index contributed by atoms with van der Waals surface area (Å²) in [5.74, 6) is 0.796. The number of fused-ring (bicyclic) bond motifs is 2. The van der Waals surface area contributed by atoms with Crippen LogP contribution in [0.2, 0.25) is 0 Å². The number of hydroxylamine groups is 2. The maximum Gasteiger partial charge on any atom is 0.122 e. The van der Waals surface area contributed by atoms with Crippen LogP contribution in [0.15, 0.2) is 12.4 Å². The molecule has 0 amide bonds. The highest BCUT2D eigenvalue weighted by molar-refractivity contribution is 5.06. The van der Waals surface area contributed by atoms with E-state index in [9.17, 15) is 5.21 Å². The largest absolute Gasteiger partial charge is 0.352 e. The van der Waals surface area contributed by atoms with E-state index in [2.05, 4.69) is 18.4 Å². The molecule has 0 spiro atoms. The predicted octanol–water partition coefficient (Wildman–Crippen LogP) is 1.41. The summed E-state index contributed by atoms with van der Waals surface area (Å²) in [5, 5.41) is 10.9. The zero-order chi connectivity index (χ0) is 8.72. The normalized spacial score (nSPS) is 34.7. The highest BCUT2D eigenvalue weighted by Crippen LogP contribution is 2.33. The Labute approximate surface area is 73.2 Å².